The zero-order valence-electron chi connectivity index (χ0n) is 10.6. The van der Waals surface area contributed by atoms with Crippen molar-refractivity contribution < 1.29 is 0 Å². The molecule has 1 N–H and O–H groups in total. The smallest absolute Gasteiger partial charge is 0.0217 e. The summed E-state index contributed by atoms with van der Waals surface area (Å²) in [4.78, 5) is 2.53. The summed E-state index contributed by atoms with van der Waals surface area (Å²) in [5, 5.41) is 3.68. The summed E-state index contributed by atoms with van der Waals surface area (Å²) in [6.07, 6.45) is 12.8. The second-order valence-corrected chi connectivity index (χ2v) is 5.44. The molecule has 0 aromatic heterocycles. The van der Waals surface area contributed by atoms with E-state index in [-0.39, 0.29) is 0 Å². The predicted octanol–water partition coefficient (Wildman–Crippen LogP) is 2.42. The standard InChI is InChI=1S/C14H26N2/c1-16-10-6-5-9-14(16)12-15-11-13-7-3-2-4-8-13/h2-3,13-15H,4-12H2,1H3. The van der Waals surface area contributed by atoms with E-state index >= 15 is 0 Å². The first-order chi connectivity index (χ1) is 7.86. The Hall–Kier alpha value is -0.340. The van der Waals surface area contributed by atoms with Crippen LogP contribution in [0.4, 0.5) is 0 Å². The van der Waals surface area contributed by atoms with Crippen molar-refractivity contribution in [3.05, 3.63) is 12.2 Å². The maximum absolute atomic E-state index is 3.68. The lowest BCUT2D eigenvalue weighted by atomic mass is 9.94. The van der Waals surface area contributed by atoms with Crippen molar-refractivity contribution >= 4 is 0 Å². The third-order valence-corrected chi connectivity index (χ3v) is 4.11. The molecule has 2 heteroatoms. The molecule has 2 atom stereocenters. The van der Waals surface area contributed by atoms with Gasteiger partial charge in [-0.2, -0.15) is 0 Å². The van der Waals surface area contributed by atoms with Gasteiger partial charge in [0.05, 0.1) is 0 Å². The molecule has 0 saturated carbocycles. The van der Waals surface area contributed by atoms with Crippen LogP contribution in [0.3, 0.4) is 0 Å². The molecule has 2 unspecified atom stereocenters. The average Bonchev–Trinajstić information content (AvgIpc) is 2.33. The topological polar surface area (TPSA) is 15.3 Å². The van der Waals surface area contributed by atoms with Crippen LogP contribution >= 0.6 is 0 Å². The molecular weight excluding hydrogens is 196 g/mol. The molecule has 0 aromatic carbocycles. The van der Waals surface area contributed by atoms with Crippen LogP contribution in [0.15, 0.2) is 12.2 Å². The first kappa shape index (κ1) is 12.1. The summed E-state index contributed by atoms with van der Waals surface area (Å²) in [6.45, 7) is 3.70. The molecule has 1 aliphatic carbocycles. The van der Waals surface area contributed by atoms with Crippen molar-refractivity contribution in [3.63, 3.8) is 0 Å². The van der Waals surface area contributed by atoms with Crippen LogP contribution in [0.5, 0.6) is 0 Å². The molecule has 16 heavy (non-hydrogen) atoms. The number of hydrogen-bond donors (Lipinski definition) is 1. The third kappa shape index (κ3) is 3.60. The SMILES string of the molecule is CN1CCCCC1CNCC1CC=CCC1. The Morgan fingerprint density at radius 2 is 2.12 bits per heavy atom. The molecule has 0 radical (unpaired) electrons. The highest BCUT2D eigenvalue weighted by molar-refractivity contribution is 4.90. The Morgan fingerprint density at radius 1 is 1.19 bits per heavy atom. The van der Waals surface area contributed by atoms with Gasteiger partial charge >= 0.3 is 0 Å². The number of nitrogens with zero attached hydrogens (tertiary/aromatic N) is 1. The van der Waals surface area contributed by atoms with Gasteiger partial charge in [0.15, 0.2) is 0 Å². The summed E-state index contributed by atoms with van der Waals surface area (Å²) in [5.74, 6) is 0.888. The van der Waals surface area contributed by atoms with E-state index < -0.39 is 0 Å². The molecule has 1 saturated heterocycles. The van der Waals surface area contributed by atoms with Gasteiger partial charge in [-0.15, -0.1) is 0 Å². The predicted molar refractivity (Wildman–Crippen MR) is 69.6 cm³/mol. The van der Waals surface area contributed by atoms with E-state index in [1.54, 1.807) is 0 Å². The minimum absolute atomic E-state index is 0.785. The van der Waals surface area contributed by atoms with E-state index in [0.29, 0.717) is 0 Å². The third-order valence-electron chi connectivity index (χ3n) is 4.11. The Morgan fingerprint density at radius 3 is 2.88 bits per heavy atom. The Kier molecular flexibility index (Phi) is 4.86. The van der Waals surface area contributed by atoms with E-state index in [4.69, 9.17) is 0 Å². The molecular formula is C14H26N2. The highest BCUT2D eigenvalue weighted by Crippen LogP contribution is 2.18. The molecule has 0 spiro atoms. The van der Waals surface area contributed by atoms with Crippen LogP contribution in [0.2, 0.25) is 0 Å². The van der Waals surface area contributed by atoms with Gasteiger partial charge in [0.2, 0.25) is 0 Å². The Labute approximate surface area is 100 Å². The fourth-order valence-corrected chi connectivity index (χ4v) is 2.90. The molecule has 2 aliphatic rings. The molecule has 2 rings (SSSR count). The van der Waals surface area contributed by atoms with Crippen LogP contribution in [0.1, 0.15) is 38.5 Å². The zero-order chi connectivity index (χ0) is 11.2. The molecule has 1 fully saturated rings. The molecule has 1 aliphatic heterocycles. The summed E-state index contributed by atoms with van der Waals surface area (Å²) >= 11 is 0. The van der Waals surface area contributed by atoms with E-state index in [9.17, 15) is 0 Å². The van der Waals surface area contributed by atoms with Crippen molar-refractivity contribution in [1.82, 2.24) is 10.2 Å². The number of allylic oxidation sites excluding steroid dienone is 2. The minimum atomic E-state index is 0.785. The molecule has 0 aromatic rings. The Balaban J connectivity index is 1.61. The number of rotatable bonds is 4. The number of hydrogen-bond acceptors (Lipinski definition) is 2. The monoisotopic (exact) mass is 222 g/mol. The lowest BCUT2D eigenvalue weighted by molar-refractivity contribution is 0.179. The lowest BCUT2D eigenvalue weighted by Gasteiger charge is -2.33. The van der Waals surface area contributed by atoms with E-state index in [2.05, 4.69) is 29.4 Å². The molecule has 0 amide bonds. The van der Waals surface area contributed by atoms with Crippen molar-refractivity contribution in [2.45, 2.75) is 44.6 Å². The van der Waals surface area contributed by atoms with Gasteiger partial charge in [-0.25, -0.2) is 0 Å². The quantitative estimate of drug-likeness (QED) is 0.735. The lowest BCUT2D eigenvalue weighted by Crippen LogP contribution is -2.44. The summed E-state index contributed by atoms with van der Waals surface area (Å²) in [6, 6.07) is 0.785. The number of piperidine rings is 1. The zero-order valence-corrected chi connectivity index (χ0v) is 10.6. The van der Waals surface area contributed by atoms with Crippen LogP contribution in [-0.2, 0) is 0 Å². The van der Waals surface area contributed by atoms with Crippen LogP contribution in [-0.4, -0.2) is 37.6 Å². The summed E-state index contributed by atoms with van der Waals surface area (Å²) in [5.41, 5.74) is 0. The summed E-state index contributed by atoms with van der Waals surface area (Å²) in [7, 11) is 2.27. The van der Waals surface area contributed by atoms with Gasteiger partial charge in [-0.05, 0) is 58.2 Å². The Bertz CT molecular complexity index is 225. The van der Waals surface area contributed by atoms with Crippen LogP contribution in [0.25, 0.3) is 0 Å². The number of likely N-dealkylation sites (N-methyl/N-ethyl adjacent to an activating group) is 1. The number of likely N-dealkylation sites (tertiary alicyclic amines) is 1. The minimum Gasteiger partial charge on any atom is -0.315 e. The van der Waals surface area contributed by atoms with Crippen molar-refractivity contribution in [3.8, 4) is 0 Å². The maximum atomic E-state index is 3.68. The fraction of sp³-hybridized carbons (Fsp3) is 0.857. The normalized spacial score (nSPS) is 31.8. The number of nitrogens with one attached hydrogen (secondary N) is 1. The van der Waals surface area contributed by atoms with Crippen LogP contribution < -0.4 is 5.32 Å². The van der Waals surface area contributed by atoms with Gasteiger partial charge < -0.3 is 10.2 Å². The van der Waals surface area contributed by atoms with Crippen molar-refractivity contribution in [1.29, 1.82) is 0 Å². The highest BCUT2D eigenvalue weighted by Gasteiger charge is 2.18. The van der Waals surface area contributed by atoms with Crippen LogP contribution in [0, 0.1) is 5.92 Å². The molecule has 1 heterocycles. The molecule has 0 bridgehead atoms. The van der Waals surface area contributed by atoms with E-state index in [1.807, 2.05) is 0 Å². The van der Waals surface area contributed by atoms with E-state index in [1.165, 1.54) is 58.2 Å². The largest absolute Gasteiger partial charge is 0.315 e. The van der Waals surface area contributed by atoms with Gasteiger partial charge in [-0.3, -0.25) is 0 Å². The van der Waals surface area contributed by atoms with Gasteiger partial charge in [0.1, 0.15) is 0 Å². The molecule has 2 nitrogen and oxygen atoms in total. The fourth-order valence-electron chi connectivity index (χ4n) is 2.90. The van der Waals surface area contributed by atoms with Crippen molar-refractivity contribution in [2.75, 3.05) is 26.7 Å². The first-order valence-electron chi connectivity index (χ1n) is 6.92. The van der Waals surface area contributed by atoms with Gasteiger partial charge in [-0.1, -0.05) is 18.6 Å². The average molecular weight is 222 g/mol. The summed E-state index contributed by atoms with van der Waals surface area (Å²) < 4.78 is 0. The first-order valence-corrected chi connectivity index (χ1v) is 6.92. The maximum Gasteiger partial charge on any atom is 0.0217 e. The second-order valence-electron chi connectivity index (χ2n) is 5.44. The van der Waals surface area contributed by atoms with E-state index in [0.717, 1.165) is 12.0 Å². The van der Waals surface area contributed by atoms with Gasteiger partial charge in [0, 0.05) is 12.6 Å². The van der Waals surface area contributed by atoms with Gasteiger partial charge in [0.25, 0.3) is 0 Å². The second kappa shape index (κ2) is 6.41. The van der Waals surface area contributed by atoms with Crippen molar-refractivity contribution in [2.24, 2.45) is 5.92 Å². The highest BCUT2D eigenvalue weighted by atomic mass is 15.2. The molecule has 92 valence electrons.